The topological polar surface area (TPSA) is 101 Å². The molecule has 2 aromatic heterocycles. The van der Waals surface area contributed by atoms with Crippen molar-refractivity contribution >= 4 is 47.7 Å². The van der Waals surface area contributed by atoms with Crippen LogP contribution in [-0.2, 0) is 6.54 Å². The van der Waals surface area contributed by atoms with Gasteiger partial charge < -0.3 is 20.9 Å². The van der Waals surface area contributed by atoms with Crippen LogP contribution in [0.2, 0.25) is 0 Å². The van der Waals surface area contributed by atoms with Crippen LogP contribution >= 0.6 is 36.2 Å². The van der Waals surface area contributed by atoms with Crippen molar-refractivity contribution in [2.75, 3.05) is 25.7 Å². The Morgan fingerprint density at radius 3 is 2.52 bits per heavy atom. The molecule has 3 aromatic rings. The van der Waals surface area contributed by atoms with Gasteiger partial charge in [-0.05, 0) is 12.1 Å². The van der Waals surface area contributed by atoms with E-state index in [1.807, 2.05) is 23.6 Å². The molecule has 0 atom stereocenters. The molecule has 1 aromatic carbocycles. The fraction of sp³-hybridized carbons (Fsp3) is 0.200. The first kappa shape index (κ1) is 20.9. The molecule has 25 heavy (non-hydrogen) atoms. The molecule has 0 saturated heterocycles. The average Bonchev–Trinajstić information content (AvgIpc) is 3.16. The molecule has 0 spiro atoms. The van der Waals surface area contributed by atoms with Crippen LogP contribution < -0.4 is 20.9 Å². The number of hydrogen-bond donors (Lipinski definition) is 2. The molecule has 3 rings (SSSR count). The number of anilines is 2. The molecule has 0 unspecified atom stereocenters. The van der Waals surface area contributed by atoms with Gasteiger partial charge in [0.05, 0.1) is 38.3 Å². The highest BCUT2D eigenvalue weighted by Gasteiger charge is 2.13. The monoisotopic (exact) mass is 403 g/mol. The Kier molecular flexibility index (Phi) is 7.35. The Morgan fingerprint density at radius 2 is 1.92 bits per heavy atom. The third-order valence-electron chi connectivity index (χ3n) is 3.43. The lowest BCUT2D eigenvalue weighted by Crippen LogP contribution is -2.06. The van der Waals surface area contributed by atoms with E-state index in [9.17, 15) is 0 Å². The van der Waals surface area contributed by atoms with Gasteiger partial charge in [-0.2, -0.15) is 5.10 Å². The van der Waals surface area contributed by atoms with Crippen molar-refractivity contribution in [3.05, 3.63) is 34.8 Å². The van der Waals surface area contributed by atoms with Gasteiger partial charge in [0.2, 0.25) is 0 Å². The number of nitrogens with zero attached hydrogens (tertiary/aromatic N) is 3. The molecule has 4 N–H and O–H groups in total. The van der Waals surface area contributed by atoms with E-state index in [1.54, 1.807) is 18.9 Å². The molecule has 2 heterocycles. The summed E-state index contributed by atoms with van der Waals surface area (Å²) in [6.45, 7) is 0.478. The van der Waals surface area contributed by atoms with Gasteiger partial charge in [0.1, 0.15) is 22.3 Å². The number of nitrogens with two attached hydrogens (primary N) is 2. The number of aromatic nitrogens is 3. The third-order valence-corrected chi connectivity index (χ3v) is 4.27. The fourth-order valence-corrected chi connectivity index (χ4v) is 2.96. The van der Waals surface area contributed by atoms with E-state index in [2.05, 4.69) is 10.1 Å². The zero-order valence-electron chi connectivity index (χ0n) is 13.6. The molecular weight excluding hydrogens is 385 g/mol. The van der Waals surface area contributed by atoms with Crippen LogP contribution in [0.5, 0.6) is 11.5 Å². The van der Waals surface area contributed by atoms with Crippen LogP contribution in [-0.4, -0.2) is 29.0 Å². The smallest absolute Gasteiger partial charge is 0.145 e. The van der Waals surface area contributed by atoms with Gasteiger partial charge in [-0.15, -0.1) is 36.2 Å². The number of halogens is 2. The molecule has 0 aliphatic heterocycles. The lowest BCUT2D eigenvalue weighted by atomic mass is 10.1. The number of thiazole rings is 1. The zero-order valence-corrected chi connectivity index (χ0v) is 16.1. The Bertz CT molecular complexity index is 837. The first-order chi connectivity index (χ1) is 11.1. The first-order valence-electron chi connectivity index (χ1n) is 6.86. The Morgan fingerprint density at radius 1 is 1.16 bits per heavy atom. The number of nitrogen functional groups attached to an aromatic ring is 2. The van der Waals surface area contributed by atoms with Gasteiger partial charge in [0.25, 0.3) is 0 Å². The number of methoxy groups -OCH3 is 2. The van der Waals surface area contributed by atoms with Gasteiger partial charge in [-0.1, -0.05) is 0 Å². The van der Waals surface area contributed by atoms with E-state index < -0.39 is 0 Å². The number of ether oxygens (including phenoxy) is 2. The predicted octanol–water partition coefficient (Wildman–Crippen LogP) is 3.08. The van der Waals surface area contributed by atoms with Gasteiger partial charge >= 0.3 is 0 Å². The molecule has 0 aliphatic carbocycles. The highest BCUT2D eigenvalue weighted by atomic mass is 35.5. The Hall–Kier alpha value is -2.16. The first-order valence-corrected chi connectivity index (χ1v) is 7.74. The average molecular weight is 404 g/mol. The minimum absolute atomic E-state index is 0. The second kappa shape index (κ2) is 8.80. The van der Waals surface area contributed by atoms with Crippen LogP contribution in [0.15, 0.2) is 29.8 Å². The van der Waals surface area contributed by atoms with E-state index >= 15 is 0 Å². The SMILES string of the molecule is COc1ccc(-c2csc(Cn3ncc(N)c3N)n2)c(OC)c1.Cl.Cl. The van der Waals surface area contributed by atoms with Gasteiger partial charge in [-0.3, -0.25) is 0 Å². The summed E-state index contributed by atoms with van der Waals surface area (Å²) in [6, 6.07) is 5.64. The van der Waals surface area contributed by atoms with E-state index in [-0.39, 0.29) is 24.8 Å². The molecule has 136 valence electrons. The minimum atomic E-state index is 0. The van der Waals surface area contributed by atoms with Crippen LogP contribution in [0.4, 0.5) is 11.5 Å². The molecular formula is C15H19Cl2N5O2S. The zero-order chi connectivity index (χ0) is 16.4. The maximum absolute atomic E-state index is 5.86. The second-order valence-electron chi connectivity index (χ2n) is 4.84. The highest BCUT2D eigenvalue weighted by Crippen LogP contribution is 2.34. The summed E-state index contributed by atoms with van der Waals surface area (Å²) in [4.78, 5) is 4.63. The number of rotatable bonds is 5. The van der Waals surface area contributed by atoms with Crippen LogP contribution in [0.1, 0.15) is 5.01 Å². The summed E-state index contributed by atoms with van der Waals surface area (Å²) in [5, 5.41) is 7.00. The normalized spacial score (nSPS) is 9.84. The Labute approximate surface area is 161 Å². The van der Waals surface area contributed by atoms with Crippen molar-refractivity contribution in [1.82, 2.24) is 14.8 Å². The van der Waals surface area contributed by atoms with Crippen molar-refractivity contribution < 1.29 is 9.47 Å². The van der Waals surface area contributed by atoms with Crippen molar-refractivity contribution in [1.29, 1.82) is 0 Å². The molecule has 7 nitrogen and oxygen atoms in total. The lowest BCUT2D eigenvalue weighted by Gasteiger charge is -2.08. The van der Waals surface area contributed by atoms with Crippen molar-refractivity contribution in [3.8, 4) is 22.8 Å². The molecule has 0 saturated carbocycles. The maximum atomic E-state index is 5.86. The lowest BCUT2D eigenvalue weighted by molar-refractivity contribution is 0.395. The largest absolute Gasteiger partial charge is 0.497 e. The summed E-state index contributed by atoms with van der Waals surface area (Å²) in [6.07, 6.45) is 1.54. The fourth-order valence-electron chi connectivity index (χ4n) is 2.18. The molecule has 0 bridgehead atoms. The molecule has 0 amide bonds. The van der Waals surface area contributed by atoms with E-state index in [1.165, 1.54) is 17.5 Å². The summed E-state index contributed by atoms with van der Waals surface area (Å²) >= 11 is 1.53. The van der Waals surface area contributed by atoms with Crippen molar-refractivity contribution in [2.24, 2.45) is 0 Å². The summed E-state index contributed by atoms with van der Waals surface area (Å²) in [5.41, 5.74) is 13.8. The predicted molar refractivity (Wildman–Crippen MR) is 105 cm³/mol. The minimum Gasteiger partial charge on any atom is -0.497 e. The van der Waals surface area contributed by atoms with Crippen molar-refractivity contribution in [3.63, 3.8) is 0 Å². The maximum Gasteiger partial charge on any atom is 0.145 e. The summed E-state index contributed by atoms with van der Waals surface area (Å²) < 4.78 is 12.3. The van der Waals surface area contributed by atoms with E-state index in [0.717, 1.165) is 22.0 Å². The van der Waals surface area contributed by atoms with Crippen LogP contribution in [0, 0.1) is 0 Å². The quantitative estimate of drug-likeness (QED) is 0.678. The highest BCUT2D eigenvalue weighted by molar-refractivity contribution is 7.09. The summed E-state index contributed by atoms with van der Waals surface area (Å²) in [5.74, 6) is 1.90. The van der Waals surface area contributed by atoms with Gasteiger partial charge in [-0.25, -0.2) is 9.67 Å². The third kappa shape index (κ3) is 4.28. The van der Waals surface area contributed by atoms with Crippen LogP contribution in [0.3, 0.4) is 0 Å². The molecule has 0 fully saturated rings. The Balaban J connectivity index is 0.00000156. The van der Waals surface area contributed by atoms with Gasteiger partial charge in [0, 0.05) is 17.0 Å². The van der Waals surface area contributed by atoms with E-state index in [0.29, 0.717) is 23.8 Å². The van der Waals surface area contributed by atoms with Crippen LogP contribution in [0.25, 0.3) is 11.3 Å². The molecule has 10 heteroatoms. The molecule has 0 aliphatic rings. The number of benzene rings is 1. The van der Waals surface area contributed by atoms with Crippen molar-refractivity contribution in [2.45, 2.75) is 6.54 Å². The second-order valence-corrected chi connectivity index (χ2v) is 5.78. The number of hydrogen-bond acceptors (Lipinski definition) is 7. The summed E-state index contributed by atoms with van der Waals surface area (Å²) in [7, 11) is 3.24. The molecule has 0 radical (unpaired) electrons. The standard InChI is InChI=1S/C15H17N5O2S.2ClH/c1-21-9-3-4-10(13(5-9)22-2)12-8-23-14(19-12)7-20-15(17)11(16)6-18-20;;/h3-6,8H,7,16-17H2,1-2H3;2*1H. The van der Waals surface area contributed by atoms with E-state index in [4.69, 9.17) is 20.9 Å². The van der Waals surface area contributed by atoms with Gasteiger partial charge in [0.15, 0.2) is 0 Å².